The summed E-state index contributed by atoms with van der Waals surface area (Å²) in [6.07, 6.45) is 2.44. The van der Waals surface area contributed by atoms with Crippen molar-refractivity contribution in [2.75, 3.05) is 11.9 Å². The minimum absolute atomic E-state index is 0.263. The van der Waals surface area contributed by atoms with E-state index >= 15 is 0 Å². The van der Waals surface area contributed by atoms with Gasteiger partial charge in [-0.25, -0.2) is 0 Å². The highest BCUT2D eigenvalue weighted by atomic mass is 16.5. The predicted molar refractivity (Wildman–Crippen MR) is 134 cm³/mol. The minimum atomic E-state index is -0.339. The molecule has 0 unspecified atom stereocenters. The molecule has 174 valence electrons. The van der Waals surface area contributed by atoms with Gasteiger partial charge in [0, 0.05) is 24.2 Å². The SMILES string of the molecule is CCc1cccc(CC)c1NC(=O)c1c(OCCC(C)C)cc(C)[n+]([O-])c1-c1ccccc1. The number of nitrogens with one attached hydrogen (secondary N) is 1. The van der Waals surface area contributed by atoms with Gasteiger partial charge < -0.3 is 15.3 Å². The molecule has 1 heterocycles. The number of carbonyl (C=O) groups is 1. The Hall–Kier alpha value is -3.34. The average molecular weight is 447 g/mol. The monoisotopic (exact) mass is 446 g/mol. The van der Waals surface area contributed by atoms with E-state index in [2.05, 4.69) is 33.0 Å². The van der Waals surface area contributed by atoms with E-state index in [1.807, 2.05) is 48.5 Å². The molecule has 0 aliphatic carbocycles. The Bertz CT molecular complexity index is 1090. The topological polar surface area (TPSA) is 65.3 Å². The number of benzene rings is 2. The lowest BCUT2D eigenvalue weighted by molar-refractivity contribution is -0.600. The zero-order chi connectivity index (χ0) is 24.0. The van der Waals surface area contributed by atoms with Crippen LogP contribution in [0.25, 0.3) is 11.3 Å². The maximum Gasteiger partial charge on any atom is 0.266 e. The Morgan fingerprint density at radius 3 is 2.24 bits per heavy atom. The van der Waals surface area contributed by atoms with E-state index in [1.54, 1.807) is 13.0 Å². The molecule has 5 heteroatoms. The summed E-state index contributed by atoms with van der Waals surface area (Å²) in [6.45, 7) is 10.6. The van der Waals surface area contributed by atoms with E-state index in [1.165, 1.54) is 0 Å². The van der Waals surface area contributed by atoms with Crippen LogP contribution in [0.2, 0.25) is 0 Å². The van der Waals surface area contributed by atoms with Crippen molar-refractivity contribution in [3.8, 4) is 17.0 Å². The summed E-state index contributed by atoms with van der Waals surface area (Å²) in [5.74, 6) is 0.561. The molecular formula is C28H34N2O3. The molecule has 33 heavy (non-hydrogen) atoms. The van der Waals surface area contributed by atoms with Gasteiger partial charge in [-0.15, -0.1) is 0 Å². The van der Waals surface area contributed by atoms with Crippen molar-refractivity contribution in [3.63, 3.8) is 0 Å². The lowest BCUT2D eigenvalue weighted by Crippen LogP contribution is -2.36. The van der Waals surface area contributed by atoms with Gasteiger partial charge in [0.05, 0.1) is 6.61 Å². The molecule has 0 aliphatic heterocycles. The summed E-state index contributed by atoms with van der Waals surface area (Å²) >= 11 is 0. The van der Waals surface area contributed by atoms with Crippen molar-refractivity contribution in [1.29, 1.82) is 0 Å². The molecule has 0 fully saturated rings. The van der Waals surface area contributed by atoms with E-state index < -0.39 is 0 Å². The van der Waals surface area contributed by atoms with Crippen LogP contribution < -0.4 is 14.8 Å². The smallest absolute Gasteiger partial charge is 0.266 e. The van der Waals surface area contributed by atoms with E-state index in [0.717, 1.165) is 40.8 Å². The zero-order valence-electron chi connectivity index (χ0n) is 20.3. The quantitative estimate of drug-likeness (QED) is 0.319. The highest BCUT2D eigenvalue weighted by molar-refractivity contribution is 6.10. The van der Waals surface area contributed by atoms with Gasteiger partial charge in [0.15, 0.2) is 11.3 Å². The van der Waals surface area contributed by atoms with Crippen LogP contribution >= 0.6 is 0 Å². The Kier molecular flexibility index (Phi) is 8.10. The van der Waals surface area contributed by atoms with Crippen LogP contribution in [-0.4, -0.2) is 12.5 Å². The number of aromatic nitrogens is 1. The molecule has 3 rings (SSSR count). The molecule has 1 amide bonds. The van der Waals surface area contributed by atoms with Gasteiger partial charge in [0.25, 0.3) is 5.91 Å². The standard InChI is InChI=1S/C28H34N2O3/c1-6-21-14-11-15-22(7-2)26(21)29-28(31)25-24(33-17-16-19(3)4)18-20(5)30(32)27(25)23-12-9-8-10-13-23/h8-15,18-19H,6-7,16-17H2,1-5H3,(H,29,31). The van der Waals surface area contributed by atoms with Gasteiger partial charge in [0.1, 0.15) is 5.75 Å². The summed E-state index contributed by atoms with van der Waals surface area (Å²) in [7, 11) is 0. The largest absolute Gasteiger partial charge is 0.618 e. The fourth-order valence-electron chi connectivity index (χ4n) is 3.89. The van der Waals surface area contributed by atoms with Gasteiger partial charge >= 0.3 is 0 Å². The zero-order valence-corrected chi connectivity index (χ0v) is 20.3. The van der Waals surface area contributed by atoms with Gasteiger partial charge in [-0.2, -0.15) is 4.73 Å². The van der Waals surface area contributed by atoms with E-state index in [9.17, 15) is 10.0 Å². The fourth-order valence-corrected chi connectivity index (χ4v) is 3.89. The average Bonchev–Trinajstić information content (AvgIpc) is 2.81. The first kappa shape index (κ1) is 24.3. The molecule has 0 saturated carbocycles. The summed E-state index contributed by atoms with van der Waals surface area (Å²) in [4.78, 5) is 13.8. The number of amides is 1. The van der Waals surface area contributed by atoms with Crippen molar-refractivity contribution in [2.45, 2.75) is 53.9 Å². The third-order valence-corrected chi connectivity index (χ3v) is 5.81. The number of nitrogens with zero attached hydrogens (tertiary/aromatic N) is 1. The molecule has 0 aliphatic rings. The number of rotatable bonds is 9. The molecule has 0 saturated heterocycles. The molecule has 0 radical (unpaired) electrons. The molecular weight excluding hydrogens is 412 g/mol. The maximum atomic E-state index is 13.8. The van der Waals surface area contributed by atoms with E-state index in [0.29, 0.717) is 35.2 Å². The first-order chi connectivity index (χ1) is 15.9. The number of anilines is 1. The van der Waals surface area contributed by atoms with Crippen LogP contribution in [0.3, 0.4) is 0 Å². The lowest BCUT2D eigenvalue weighted by atomic mass is 10.0. The van der Waals surface area contributed by atoms with Crippen LogP contribution in [-0.2, 0) is 12.8 Å². The van der Waals surface area contributed by atoms with Gasteiger partial charge in [0.2, 0.25) is 5.69 Å². The van der Waals surface area contributed by atoms with Crippen molar-refractivity contribution in [3.05, 3.63) is 82.2 Å². The number of hydrogen-bond donors (Lipinski definition) is 1. The van der Waals surface area contributed by atoms with Crippen LogP contribution in [0.4, 0.5) is 5.69 Å². The Morgan fingerprint density at radius 1 is 1.03 bits per heavy atom. The number of carbonyl (C=O) groups excluding carboxylic acids is 1. The predicted octanol–water partition coefficient (Wildman–Crippen LogP) is 6.10. The summed E-state index contributed by atoms with van der Waals surface area (Å²) in [5.41, 5.74) is 4.67. The minimum Gasteiger partial charge on any atom is -0.618 e. The number of pyridine rings is 1. The third-order valence-electron chi connectivity index (χ3n) is 5.81. The van der Waals surface area contributed by atoms with E-state index in [4.69, 9.17) is 4.74 Å². The van der Waals surface area contributed by atoms with Crippen molar-refractivity contribution < 1.29 is 14.3 Å². The highest BCUT2D eigenvalue weighted by Crippen LogP contribution is 2.31. The van der Waals surface area contributed by atoms with Crippen LogP contribution in [0.5, 0.6) is 5.75 Å². The van der Waals surface area contributed by atoms with Crippen molar-refractivity contribution in [1.82, 2.24) is 0 Å². The van der Waals surface area contributed by atoms with Crippen molar-refractivity contribution in [2.24, 2.45) is 5.92 Å². The molecule has 2 aromatic carbocycles. The van der Waals surface area contributed by atoms with Crippen LogP contribution in [0, 0.1) is 18.0 Å². The second-order valence-corrected chi connectivity index (χ2v) is 8.68. The molecule has 0 atom stereocenters. The van der Waals surface area contributed by atoms with Gasteiger partial charge in [-0.3, -0.25) is 4.79 Å². The number of aryl methyl sites for hydroxylation is 3. The molecule has 1 aromatic heterocycles. The molecule has 5 nitrogen and oxygen atoms in total. The summed E-state index contributed by atoms with van der Waals surface area (Å²) in [5, 5.41) is 16.3. The number of hydrogen-bond acceptors (Lipinski definition) is 3. The first-order valence-electron chi connectivity index (χ1n) is 11.7. The van der Waals surface area contributed by atoms with Crippen LogP contribution in [0.15, 0.2) is 54.6 Å². The fraction of sp³-hybridized carbons (Fsp3) is 0.357. The molecule has 0 bridgehead atoms. The van der Waals surface area contributed by atoms with E-state index in [-0.39, 0.29) is 11.5 Å². The molecule has 3 aromatic rings. The van der Waals surface area contributed by atoms with Crippen molar-refractivity contribution >= 4 is 11.6 Å². The Labute approximate surface area is 197 Å². The second kappa shape index (κ2) is 11.0. The normalized spacial score (nSPS) is 11.0. The van der Waals surface area contributed by atoms with Crippen LogP contribution in [0.1, 0.15) is 61.3 Å². The molecule has 0 spiro atoms. The number of para-hydroxylation sites is 1. The second-order valence-electron chi connectivity index (χ2n) is 8.68. The first-order valence-corrected chi connectivity index (χ1v) is 11.7. The Balaban J connectivity index is 2.16. The highest BCUT2D eigenvalue weighted by Gasteiger charge is 2.29. The lowest BCUT2D eigenvalue weighted by Gasteiger charge is -2.19. The summed E-state index contributed by atoms with van der Waals surface area (Å²) < 4.78 is 6.93. The molecule has 1 N–H and O–H groups in total. The summed E-state index contributed by atoms with van der Waals surface area (Å²) in [6, 6.07) is 17.0. The maximum absolute atomic E-state index is 13.8. The van der Waals surface area contributed by atoms with Gasteiger partial charge in [-0.05, 0) is 48.4 Å². The Morgan fingerprint density at radius 2 is 1.67 bits per heavy atom. The van der Waals surface area contributed by atoms with Gasteiger partial charge in [-0.1, -0.05) is 64.1 Å². The number of ether oxygens (including phenoxy) is 1. The third kappa shape index (κ3) is 5.54.